The van der Waals surface area contributed by atoms with Crippen molar-refractivity contribution in [1.29, 1.82) is 0 Å². The maximum Gasteiger partial charge on any atom is 0.594 e. The van der Waals surface area contributed by atoms with E-state index in [2.05, 4.69) is 20.7 Å². The van der Waals surface area contributed by atoms with Crippen molar-refractivity contribution in [2.24, 2.45) is 0 Å². The number of hydrogen-bond acceptors (Lipinski definition) is 11. The van der Waals surface area contributed by atoms with Crippen molar-refractivity contribution in [3.8, 4) is 0 Å². The number of aromatic amines is 1. The minimum absolute atomic E-state index is 0.0943. The summed E-state index contributed by atoms with van der Waals surface area (Å²) in [7, 11) is -1.92. The Morgan fingerprint density at radius 3 is 2.74 bits per heavy atom. The lowest BCUT2D eigenvalue weighted by molar-refractivity contribution is -0.639. The zero-order valence-electron chi connectivity index (χ0n) is 17.4. The smallest absolute Gasteiger partial charge is 0.466 e. The Kier molecular flexibility index (Phi) is 7.25. The van der Waals surface area contributed by atoms with Crippen LogP contribution >= 0.6 is 7.07 Å². The minimum Gasteiger partial charge on any atom is -0.466 e. The number of ether oxygens (including phenoxy) is 4. The lowest BCUT2D eigenvalue weighted by Gasteiger charge is -2.27. The van der Waals surface area contributed by atoms with Gasteiger partial charge in [0.15, 0.2) is 19.1 Å². The average molecular weight is 481 g/mol. The number of fused-ring (bicyclic) bond motifs is 1. The highest BCUT2D eigenvalue weighted by atomic mass is 32.7. The molecule has 3 heterocycles. The molecule has 0 amide bonds. The van der Waals surface area contributed by atoms with E-state index in [-0.39, 0.29) is 6.61 Å². The van der Waals surface area contributed by atoms with Gasteiger partial charge in [-0.25, -0.2) is 9.32 Å². The van der Waals surface area contributed by atoms with E-state index in [4.69, 9.17) is 35.6 Å². The number of rotatable bonds is 8. The first kappa shape index (κ1) is 24.3. The van der Waals surface area contributed by atoms with Gasteiger partial charge in [-0.1, -0.05) is 0 Å². The van der Waals surface area contributed by atoms with Crippen LogP contribution in [0.25, 0.3) is 0 Å². The number of nitrogens with one attached hydrogen (secondary N) is 2. The lowest BCUT2D eigenvalue weighted by Crippen LogP contribution is -2.52. The van der Waals surface area contributed by atoms with Crippen molar-refractivity contribution < 1.29 is 38.8 Å². The number of carbonyl (C=O) groups excluding carboxylic acids is 1. The molecule has 0 bridgehead atoms. The van der Waals surface area contributed by atoms with Gasteiger partial charge < -0.3 is 31.2 Å². The normalized spacial score (nSPS) is 29.9. The second-order valence-corrected chi connectivity index (χ2v) is 10.7. The van der Waals surface area contributed by atoms with Gasteiger partial charge in [-0.05, 0) is 25.4 Å². The van der Waals surface area contributed by atoms with E-state index < -0.39 is 60.7 Å². The van der Waals surface area contributed by atoms with Gasteiger partial charge in [0.2, 0.25) is 6.04 Å². The Morgan fingerprint density at radius 1 is 1.45 bits per heavy atom. The third-order valence-corrected chi connectivity index (χ3v) is 7.22. The van der Waals surface area contributed by atoms with E-state index in [1.807, 2.05) is 0 Å². The van der Waals surface area contributed by atoms with E-state index in [9.17, 15) is 14.4 Å². The number of esters is 1. The zero-order valence-corrected chi connectivity index (χ0v) is 19.1. The summed E-state index contributed by atoms with van der Waals surface area (Å²) >= 11 is 5.37. The molecule has 0 saturated carbocycles. The maximum absolute atomic E-state index is 12.3. The van der Waals surface area contributed by atoms with Crippen LogP contribution in [0.3, 0.4) is 0 Å². The van der Waals surface area contributed by atoms with E-state index in [1.165, 1.54) is 23.9 Å². The second kappa shape index (κ2) is 9.25. The molecule has 31 heavy (non-hydrogen) atoms. The summed E-state index contributed by atoms with van der Waals surface area (Å²) in [6.07, 6.45) is -1.48. The van der Waals surface area contributed by atoms with Crippen LogP contribution in [0.2, 0.25) is 0 Å². The molecule has 173 valence electrons. The highest BCUT2D eigenvalue weighted by Crippen LogP contribution is 2.54. The standard InChI is InChI=1S/C16H25N4O9PS/c1-8(14(22)24-4)19-30(31,29-17)25-7-9-11-12(28-16(2,3)27-11)13(26-9)20-6-5-10(21)18-15(20)23/h5-6,8-9,11-13H,7H2,1-4,17H3,(H-,18,19,21,23,31)/q+1/p+1/t8?,9-,11-,12-,13-,30?/m1/s1. The zero-order chi connectivity index (χ0) is 23.0. The van der Waals surface area contributed by atoms with Crippen LogP contribution in [0.1, 0.15) is 27.0 Å². The average Bonchev–Trinajstić information content (AvgIpc) is 3.19. The first-order chi connectivity index (χ1) is 14.5. The Balaban J connectivity index is 1.77. The summed E-state index contributed by atoms with van der Waals surface area (Å²) in [5.74, 6) is 1.87. The molecular weight excluding hydrogens is 455 g/mol. The third-order valence-electron chi connectivity index (χ3n) is 4.74. The van der Waals surface area contributed by atoms with Gasteiger partial charge in [0, 0.05) is 12.3 Å². The summed E-state index contributed by atoms with van der Waals surface area (Å²) in [4.78, 5) is 37.5. The second-order valence-electron chi connectivity index (χ2n) is 7.44. The van der Waals surface area contributed by atoms with Gasteiger partial charge >= 0.3 is 11.7 Å². The van der Waals surface area contributed by atoms with Crippen molar-refractivity contribution in [3.05, 3.63) is 33.1 Å². The molecule has 15 heteroatoms. The maximum atomic E-state index is 12.3. The van der Waals surface area contributed by atoms with Crippen molar-refractivity contribution in [1.82, 2.24) is 14.6 Å². The van der Waals surface area contributed by atoms with Crippen molar-refractivity contribution in [2.75, 3.05) is 13.7 Å². The van der Waals surface area contributed by atoms with E-state index in [1.54, 1.807) is 20.8 Å². The highest BCUT2D eigenvalue weighted by molar-refractivity contribution is 8.37. The fourth-order valence-electron chi connectivity index (χ4n) is 3.39. The predicted molar refractivity (Wildman–Crippen MR) is 108 cm³/mol. The Bertz CT molecular complexity index is 927. The molecule has 1 aromatic heterocycles. The first-order valence-electron chi connectivity index (χ1n) is 9.35. The van der Waals surface area contributed by atoms with E-state index in [0.717, 1.165) is 0 Å². The Morgan fingerprint density at radius 2 is 2.13 bits per heavy atom. The van der Waals surface area contributed by atoms with Crippen LogP contribution < -0.4 is 22.2 Å². The van der Waals surface area contributed by atoms with Gasteiger partial charge in [0.05, 0.1) is 4.79 Å². The van der Waals surface area contributed by atoms with Gasteiger partial charge in [-0.15, -0.1) is 5.09 Å². The lowest BCUT2D eigenvalue weighted by atomic mass is 10.1. The van der Waals surface area contributed by atoms with Gasteiger partial charge in [0.25, 0.3) is 12.6 Å². The van der Waals surface area contributed by atoms with Crippen LogP contribution in [-0.4, -0.2) is 59.4 Å². The highest BCUT2D eigenvalue weighted by Gasteiger charge is 2.57. The largest absolute Gasteiger partial charge is 0.594 e. The molecule has 2 saturated heterocycles. The van der Waals surface area contributed by atoms with Crippen LogP contribution in [0.5, 0.6) is 0 Å². The molecular formula is C16H26N4O9PS+2. The van der Waals surface area contributed by atoms with Gasteiger partial charge in [-0.2, -0.15) is 5.90 Å². The molecule has 2 aliphatic heterocycles. The Hall–Kier alpha value is -1.35. The van der Waals surface area contributed by atoms with Crippen molar-refractivity contribution in [3.63, 3.8) is 0 Å². The number of nitrogens with zero attached hydrogens (tertiary/aromatic N) is 1. The molecule has 0 spiro atoms. The summed E-state index contributed by atoms with van der Waals surface area (Å²) in [6.45, 7) is 4.92. The molecule has 6 atom stereocenters. The monoisotopic (exact) mass is 481 g/mol. The number of carbonyl (C=O) groups is 1. The van der Waals surface area contributed by atoms with Crippen molar-refractivity contribution >= 4 is 25.3 Å². The fraction of sp³-hybridized carbons (Fsp3) is 0.688. The molecule has 13 nitrogen and oxygen atoms in total. The molecule has 0 aliphatic carbocycles. The quantitative estimate of drug-likeness (QED) is 0.130. The molecule has 0 aromatic carbocycles. The molecule has 1 radical (unpaired) electrons. The Labute approximate surface area is 183 Å². The number of hydrogen-bond donors (Lipinski definition) is 3. The number of aromatic nitrogens is 2. The van der Waals surface area contributed by atoms with Crippen LogP contribution in [0.4, 0.5) is 0 Å². The topological polar surface area (TPSA) is 169 Å². The SMILES string of the molecule is C[O+]C(=O)C(C)N[P+]([S-])(O[NH3+])OC[C@H]1O[C@@H](n2ccc(=O)[nH]c2=O)[C@@H]2OC(C)(C)O[C@@H]21. The predicted octanol–water partition coefficient (Wildman–Crippen LogP) is -1.48. The van der Waals surface area contributed by atoms with Gasteiger partial charge in [-0.3, -0.25) is 14.3 Å². The van der Waals surface area contributed by atoms with Gasteiger partial charge in [0.1, 0.15) is 24.9 Å². The summed E-state index contributed by atoms with van der Waals surface area (Å²) < 4.78 is 34.6. The van der Waals surface area contributed by atoms with Crippen molar-refractivity contribution in [2.45, 2.75) is 57.1 Å². The first-order valence-corrected chi connectivity index (χ1v) is 12.0. The van der Waals surface area contributed by atoms with E-state index in [0.29, 0.717) is 0 Å². The summed E-state index contributed by atoms with van der Waals surface area (Å²) in [5, 5.41) is 2.77. The summed E-state index contributed by atoms with van der Waals surface area (Å²) in [5.41, 5.74) is -1.18. The molecule has 2 unspecified atom stereocenters. The molecule has 2 aliphatic rings. The number of H-pyrrole nitrogens is 1. The molecule has 5 N–H and O–H groups in total. The third kappa shape index (κ3) is 5.35. The molecule has 1 aromatic rings. The number of methoxy groups -OCH3 is 1. The molecule has 2 fully saturated rings. The van der Waals surface area contributed by atoms with Crippen LogP contribution in [0, 0.1) is 0 Å². The fourth-order valence-corrected chi connectivity index (χ4v) is 5.20. The van der Waals surface area contributed by atoms with Crippen LogP contribution in [0.15, 0.2) is 21.9 Å². The molecule has 3 rings (SSSR count). The number of quaternary nitrogens is 1. The summed E-state index contributed by atoms with van der Waals surface area (Å²) in [6, 6.07) is 0.422. The van der Waals surface area contributed by atoms with E-state index >= 15 is 0 Å². The minimum atomic E-state index is -3.17. The van der Waals surface area contributed by atoms with Crippen LogP contribution in [-0.2, 0) is 45.1 Å².